The summed E-state index contributed by atoms with van der Waals surface area (Å²) in [5, 5.41) is 3.76. The Balaban J connectivity index is 1.45. The van der Waals surface area contributed by atoms with Crippen LogP contribution >= 0.6 is 0 Å². The molecule has 4 rings (SSSR count). The lowest BCUT2D eigenvalue weighted by atomic mass is 10.2. The summed E-state index contributed by atoms with van der Waals surface area (Å²) in [6.45, 7) is 0.428. The molecule has 0 unspecified atom stereocenters. The van der Waals surface area contributed by atoms with E-state index >= 15 is 0 Å². The fourth-order valence-electron chi connectivity index (χ4n) is 3.17. The molecule has 3 aromatic rings. The molecule has 0 aliphatic carbocycles. The number of furan rings is 1. The Morgan fingerprint density at radius 1 is 1.19 bits per heavy atom. The summed E-state index contributed by atoms with van der Waals surface area (Å²) in [5.41, 5.74) is 1.45. The Kier molecular flexibility index (Phi) is 4.08. The summed E-state index contributed by atoms with van der Waals surface area (Å²) in [4.78, 5) is 26.4. The number of ether oxygens (including phenoxy) is 1. The number of hydrogen-bond donors (Lipinski definition) is 1. The van der Waals surface area contributed by atoms with Gasteiger partial charge in [0.15, 0.2) is 5.76 Å². The zero-order valence-corrected chi connectivity index (χ0v) is 14.3. The van der Waals surface area contributed by atoms with E-state index in [0.717, 1.165) is 16.8 Å². The van der Waals surface area contributed by atoms with E-state index in [9.17, 15) is 9.59 Å². The molecule has 2 amide bonds. The molecule has 26 heavy (non-hydrogen) atoms. The molecule has 2 aromatic carbocycles. The van der Waals surface area contributed by atoms with Crippen molar-refractivity contribution >= 4 is 28.5 Å². The van der Waals surface area contributed by atoms with Gasteiger partial charge < -0.3 is 19.4 Å². The van der Waals surface area contributed by atoms with Gasteiger partial charge in [-0.2, -0.15) is 0 Å². The smallest absolute Gasteiger partial charge is 0.287 e. The van der Waals surface area contributed by atoms with Gasteiger partial charge in [0.25, 0.3) is 5.91 Å². The van der Waals surface area contributed by atoms with Crippen LogP contribution < -0.4 is 15.0 Å². The maximum absolute atomic E-state index is 12.5. The van der Waals surface area contributed by atoms with Crippen LogP contribution in [0.2, 0.25) is 0 Å². The quantitative estimate of drug-likeness (QED) is 0.785. The highest BCUT2D eigenvalue weighted by atomic mass is 16.5. The van der Waals surface area contributed by atoms with Crippen molar-refractivity contribution in [2.75, 3.05) is 18.6 Å². The number of rotatable bonds is 4. The lowest BCUT2D eigenvalue weighted by molar-refractivity contribution is -0.117. The highest BCUT2D eigenvalue weighted by Crippen LogP contribution is 2.25. The second-order valence-corrected chi connectivity index (χ2v) is 6.23. The van der Waals surface area contributed by atoms with Gasteiger partial charge in [0.2, 0.25) is 5.91 Å². The molecule has 0 saturated carbocycles. The number of carbonyl (C=O) groups excluding carboxylic acids is 2. The van der Waals surface area contributed by atoms with Crippen molar-refractivity contribution < 1.29 is 18.7 Å². The molecule has 1 fully saturated rings. The molecule has 1 saturated heterocycles. The van der Waals surface area contributed by atoms with Gasteiger partial charge in [0, 0.05) is 24.0 Å². The molecule has 2 heterocycles. The van der Waals surface area contributed by atoms with Crippen LogP contribution in [0.4, 0.5) is 5.69 Å². The van der Waals surface area contributed by atoms with E-state index in [0.29, 0.717) is 12.1 Å². The van der Waals surface area contributed by atoms with Crippen LogP contribution in [0.25, 0.3) is 11.0 Å². The summed E-state index contributed by atoms with van der Waals surface area (Å²) in [6, 6.07) is 16.2. The van der Waals surface area contributed by atoms with Gasteiger partial charge in [-0.1, -0.05) is 18.2 Å². The minimum absolute atomic E-state index is 0.0231. The molecule has 6 nitrogen and oxygen atoms in total. The summed E-state index contributed by atoms with van der Waals surface area (Å²) in [5.74, 6) is 0.650. The molecule has 6 heteroatoms. The fraction of sp³-hybridized carbons (Fsp3) is 0.200. The number of benzene rings is 2. The van der Waals surface area contributed by atoms with Crippen LogP contribution in [0.3, 0.4) is 0 Å². The Morgan fingerprint density at radius 3 is 2.69 bits per heavy atom. The number of carbonyl (C=O) groups is 2. The number of hydrogen-bond acceptors (Lipinski definition) is 4. The molecule has 1 aliphatic heterocycles. The third kappa shape index (κ3) is 3.01. The third-order valence-corrected chi connectivity index (χ3v) is 4.49. The van der Waals surface area contributed by atoms with Crippen LogP contribution in [-0.4, -0.2) is 31.5 Å². The molecule has 132 valence electrons. The number of para-hydroxylation sites is 1. The summed E-state index contributed by atoms with van der Waals surface area (Å²) < 4.78 is 10.7. The first-order valence-corrected chi connectivity index (χ1v) is 8.38. The first kappa shape index (κ1) is 16.2. The van der Waals surface area contributed by atoms with Crippen LogP contribution in [0.1, 0.15) is 17.0 Å². The number of anilines is 1. The maximum atomic E-state index is 12.5. The number of nitrogens with zero attached hydrogens (tertiary/aromatic N) is 1. The van der Waals surface area contributed by atoms with E-state index in [1.54, 1.807) is 18.1 Å². The van der Waals surface area contributed by atoms with Crippen LogP contribution in [0.15, 0.2) is 59.0 Å². The monoisotopic (exact) mass is 350 g/mol. The molecule has 1 N–H and O–H groups in total. The lowest BCUT2D eigenvalue weighted by Crippen LogP contribution is -2.37. The van der Waals surface area contributed by atoms with Crippen LogP contribution in [-0.2, 0) is 4.79 Å². The van der Waals surface area contributed by atoms with E-state index < -0.39 is 0 Å². The Bertz CT molecular complexity index is 928. The fourth-order valence-corrected chi connectivity index (χ4v) is 3.17. The second kappa shape index (κ2) is 6.55. The zero-order valence-electron chi connectivity index (χ0n) is 14.3. The third-order valence-electron chi connectivity index (χ3n) is 4.49. The largest absolute Gasteiger partial charge is 0.497 e. The van der Waals surface area contributed by atoms with E-state index in [2.05, 4.69) is 5.32 Å². The van der Waals surface area contributed by atoms with E-state index in [4.69, 9.17) is 9.15 Å². The van der Waals surface area contributed by atoms with Crippen molar-refractivity contribution in [3.05, 3.63) is 60.4 Å². The predicted octanol–water partition coefficient (Wildman–Crippen LogP) is 2.98. The van der Waals surface area contributed by atoms with Gasteiger partial charge >= 0.3 is 0 Å². The number of fused-ring (bicyclic) bond motifs is 1. The van der Waals surface area contributed by atoms with Gasteiger partial charge in [-0.25, -0.2) is 0 Å². The van der Waals surface area contributed by atoms with Crippen molar-refractivity contribution in [3.63, 3.8) is 0 Å². The first-order valence-electron chi connectivity index (χ1n) is 8.38. The molecule has 1 aliphatic rings. The molecule has 0 radical (unpaired) electrons. The minimum Gasteiger partial charge on any atom is -0.497 e. The molecule has 1 aromatic heterocycles. The Labute approximate surface area is 150 Å². The van der Waals surface area contributed by atoms with E-state index in [1.807, 2.05) is 48.5 Å². The lowest BCUT2D eigenvalue weighted by Gasteiger charge is -2.17. The second-order valence-electron chi connectivity index (χ2n) is 6.23. The topological polar surface area (TPSA) is 71.8 Å². The number of nitrogens with one attached hydrogen (secondary N) is 1. The highest BCUT2D eigenvalue weighted by molar-refractivity contribution is 5.99. The summed E-state index contributed by atoms with van der Waals surface area (Å²) >= 11 is 0. The first-order chi connectivity index (χ1) is 12.6. The molecule has 1 atom stereocenters. The molecule has 0 spiro atoms. The van der Waals surface area contributed by atoms with E-state index in [-0.39, 0.29) is 30.0 Å². The Morgan fingerprint density at radius 2 is 1.96 bits per heavy atom. The minimum atomic E-state index is -0.310. The van der Waals surface area contributed by atoms with Crippen molar-refractivity contribution in [2.45, 2.75) is 12.5 Å². The van der Waals surface area contributed by atoms with Crippen molar-refractivity contribution in [2.24, 2.45) is 0 Å². The van der Waals surface area contributed by atoms with Crippen molar-refractivity contribution in [1.29, 1.82) is 0 Å². The van der Waals surface area contributed by atoms with Gasteiger partial charge in [0.05, 0.1) is 13.2 Å². The molecular formula is C20H18N2O4. The van der Waals surface area contributed by atoms with Crippen molar-refractivity contribution in [1.82, 2.24) is 5.32 Å². The van der Waals surface area contributed by atoms with Gasteiger partial charge in [-0.05, 0) is 36.4 Å². The summed E-state index contributed by atoms with van der Waals surface area (Å²) in [6.07, 6.45) is 0.262. The SMILES string of the molecule is COc1ccc(N2C[C@@H](NC(=O)c3cc4ccccc4o3)CC2=O)cc1. The normalized spacial score (nSPS) is 16.9. The van der Waals surface area contributed by atoms with Gasteiger partial charge in [-0.15, -0.1) is 0 Å². The molecule has 0 bridgehead atoms. The standard InChI is InChI=1S/C20H18N2O4/c1-25-16-8-6-15(7-9-16)22-12-14(11-19(22)23)21-20(24)18-10-13-4-2-3-5-17(13)26-18/h2-10,14H,11-12H2,1H3,(H,21,24)/t14-/m0/s1. The zero-order chi connectivity index (χ0) is 18.1. The highest BCUT2D eigenvalue weighted by Gasteiger charge is 2.32. The van der Waals surface area contributed by atoms with E-state index in [1.165, 1.54) is 0 Å². The molecular weight excluding hydrogens is 332 g/mol. The predicted molar refractivity (Wildman–Crippen MR) is 97.4 cm³/mol. The Hall–Kier alpha value is -3.28. The number of amides is 2. The number of methoxy groups -OCH3 is 1. The van der Waals surface area contributed by atoms with Gasteiger partial charge in [-0.3, -0.25) is 9.59 Å². The maximum Gasteiger partial charge on any atom is 0.287 e. The van der Waals surface area contributed by atoms with Crippen LogP contribution in [0, 0.1) is 0 Å². The summed E-state index contributed by atoms with van der Waals surface area (Å²) in [7, 11) is 1.60. The average molecular weight is 350 g/mol. The van der Waals surface area contributed by atoms with Gasteiger partial charge in [0.1, 0.15) is 11.3 Å². The van der Waals surface area contributed by atoms with Crippen molar-refractivity contribution in [3.8, 4) is 5.75 Å². The average Bonchev–Trinajstić information content (AvgIpc) is 3.25. The van der Waals surface area contributed by atoms with Crippen LogP contribution in [0.5, 0.6) is 5.75 Å².